The van der Waals surface area contributed by atoms with Crippen LogP contribution in [0.5, 0.6) is 0 Å². The minimum Gasteiger partial charge on any atom is -0.481 e. The molecule has 1 aliphatic heterocycles. The van der Waals surface area contributed by atoms with Crippen LogP contribution in [0, 0.1) is 12.8 Å². The number of piperidine rings is 1. The van der Waals surface area contributed by atoms with Crippen LogP contribution in [0.3, 0.4) is 0 Å². The zero-order chi connectivity index (χ0) is 18.7. The molecular weight excluding hydrogens is 356 g/mol. The van der Waals surface area contributed by atoms with E-state index in [-0.39, 0.29) is 22.9 Å². The van der Waals surface area contributed by atoms with Crippen LogP contribution in [-0.4, -0.2) is 42.0 Å². The summed E-state index contributed by atoms with van der Waals surface area (Å²) in [5, 5.41) is 13.0. The van der Waals surface area contributed by atoms with Gasteiger partial charge in [0.2, 0.25) is 10.0 Å². The van der Waals surface area contributed by atoms with Gasteiger partial charge in [0.25, 0.3) is 0 Å². The first-order valence-electron chi connectivity index (χ1n) is 8.32. The molecule has 0 bridgehead atoms. The maximum absolute atomic E-state index is 13.1. The Morgan fingerprint density at radius 1 is 1.31 bits per heavy atom. The molecule has 0 amide bonds. The van der Waals surface area contributed by atoms with Gasteiger partial charge in [0.1, 0.15) is 5.69 Å². The Balaban J connectivity index is 1.92. The number of aromatic nitrogens is 1. The molecule has 0 aliphatic carbocycles. The number of hydrogen-bond acceptors (Lipinski definition) is 5. The second kappa shape index (κ2) is 7.43. The van der Waals surface area contributed by atoms with Crippen LogP contribution >= 0.6 is 0 Å². The van der Waals surface area contributed by atoms with E-state index >= 15 is 0 Å². The number of benzene rings is 1. The zero-order valence-corrected chi connectivity index (χ0v) is 15.1. The second-order valence-corrected chi connectivity index (χ2v) is 8.12. The smallest absolute Gasteiger partial charge is 0.307 e. The van der Waals surface area contributed by atoms with Gasteiger partial charge in [-0.2, -0.15) is 4.31 Å². The summed E-state index contributed by atoms with van der Waals surface area (Å²) in [7, 11) is -3.89. The number of sulfonamides is 1. The Kier molecular flexibility index (Phi) is 5.24. The zero-order valence-electron chi connectivity index (χ0n) is 14.3. The van der Waals surface area contributed by atoms with Crippen molar-refractivity contribution in [1.29, 1.82) is 0 Å². The highest BCUT2D eigenvalue weighted by molar-refractivity contribution is 7.89. The van der Waals surface area contributed by atoms with E-state index in [4.69, 9.17) is 4.52 Å². The van der Waals surface area contributed by atoms with Crippen molar-refractivity contribution in [2.24, 2.45) is 5.92 Å². The Morgan fingerprint density at radius 3 is 2.73 bits per heavy atom. The molecule has 1 aliphatic rings. The van der Waals surface area contributed by atoms with E-state index in [9.17, 15) is 18.3 Å². The van der Waals surface area contributed by atoms with Gasteiger partial charge in [-0.1, -0.05) is 41.6 Å². The van der Waals surface area contributed by atoms with Crippen LogP contribution in [0.15, 0.2) is 39.8 Å². The summed E-state index contributed by atoms with van der Waals surface area (Å²) in [4.78, 5) is 11.2. The summed E-state index contributed by atoms with van der Waals surface area (Å²) in [5.74, 6) is -1.53. The molecule has 1 aromatic carbocycles. The van der Waals surface area contributed by atoms with Crippen LogP contribution in [0.2, 0.25) is 0 Å². The van der Waals surface area contributed by atoms with Crippen LogP contribution in [0.1, 0.15) is 29.9 Å². The molecule has 7 nitrogen and oxygen atoms in total. The average Bonchev–Trinajstić information content (AvgIpc) is 3.02. The summed E-state index contributed by atoms with van der Waals surface area (Å²) in [5.41, 5.74) is 1.16. The quantitative estimate of drug-likeness (QED) is 0.861. The van der Waals surface area contributed by atoms with Gasteiger partial charge < -0.3 is 9.63 Å². The van der Waals surface area contributed by atoms with Gasteiger partial charge in [-0.3, -0.25) is 4.79 Å². The van der Waals surface area contributed by atoms with E-state index in [0.29, 0.717) is 19.4 Å². The van der Waals surface area contributed by atoms with E-state index in [2.05, 4.69) is 5.16 Å². The molecule has 0 spiro atoms. The fourth-order valence-electron chi connectivity index (χ4n) is 3.03. The molecule has 2 aromatic rings. The summed E-state index contributed by atoms with van der Waals surface area (Å²) in [6.45, 7) is 1.82. The Labute approximate surface area is 152 Å². The van der Waals surface area contributed by atoms with Crippen LogP contribution in [-0.2, 0) is 14.8 Å². The molecule has 1 saturated heterocycles. The molecule has 1 aromatic heterocycles. The molecule has 3 rings (SSSR count). The van der Waals surface area contributed by atoms with Crippen LogP contribution < -0.4 is 0 Å². The summed E-state index contributed by atoms with van der Waals surface area (Å²) in [6.07, 6.45) is 4.30. The topological polar surface area (TPSA) is 101 Å². The van der Waals surface area contributed by atoms with Gasteiger partial charge in [0.15, 0.2) is 10.7 Å². The molecule has 0 saturated carbocycles. The molecule has 2 heterocycles. The lowest BCUT2D eigenvalue weighted by Crippen LogP contribution is -2.42. The van der Waals surface area contributed by atoms with E-state index in [1.54, 1.807) is 19.1 Å². The third kappa shape index (κ3) is 3.71. The number of carboxylic acids is 1. The highest BCUT2D eigenvalue weighted by Gasteiger charge is 2.36. The number of rotatable bonds is 5. The Hall–Kier alpha value is -2.45. The third-order valence-corrected chi connectivity index (χ3v) is 6.42. The highest BCUT2D eigenvalue weighted by atomic mass is 32.2. The number of nitrogens with zero attached hydrogens (tertiary/aromatic N) is 2. The first-order valence-corrected chi connectivity index (χ1v) is 9.76. The number of carboxylic acid groups (broad SMARTS) is 1. The molecule has 1 N–H and O–H groups in total. The first kappa shape index (κ1) is 18.3. The van der Waals surface area contributed by atoms with Gasteiger partial charge in [-0.15, -0.1) is 0 Å². The van der Waals surface area contributed by atoms with E-state index in [1.807, 2.05) is 30.3 Å². The molecule has 26 heavy (non-hydrogen) atoms. The average molecular weight is 376 g/mol. The minimum absolute atomic E-state index is 0.00396. The fraction of sp³-hybridized carbons (Fsp3) is 0.333. The lowest BCUT2D eigenvalue weighted by atomic mass is 10.0. The molecule has 1 atom stereocenters. The third-order valence-electron chi connectivity index (χ3n) is 4.39. The number of carbonyl (C=O) groups is 1. The SMILES string of the molecule is Cc1noc(/C=C/c2ccccc2)c1S(=O)(=O)N1CCC[C@H](C(=O)O)C1. The van der Waals surface area contributed by atoms with Gasteiger partial charge in [0.05, 0.1) is 5.92 Å². The van der Waals surface area contributed by atoms with Crippen molar-refractivity contribution in [2.75, 3.05) is 13.1 Å². The molecular formula is C18H20N2O5S. The van der Waals surface area contributed by atoms with Gasteiger partial charge in [0, 0.05) is 13.1 Å². The molecule has 1 fully saturated rings. The number of hydrogen-bond donors (Lipinski definition) is 1. The van der Waals surface area contributed by atoms with Gasteiger partial charge in [-0.25, -0.2) is 8.42 Å². The molecule has 0 unspecified atom stereocenters. The number of aryl methyl sites for hydroxylation is 1. The van der Waals surface area contributed by atoms with Crippen LogP contribution in [0.25, 0.3) is 12.2 Å². The van der Waals surface area contributed by atoms with Gasteiger partial charge in [-0.05, 0) is 31.4 Å². The minimum atomic E-state index is -3.89. The predicted octanol–water partition coefficient (Wildman–Crippen LogP) is 2.64. The van der Waals surface area contributed by atoms with E-state index in [0.717, 1.165) is 5.56 Å². The van der Waals surface area contributed by atoms with E-state index in [1.165, 1.54) is 4.31 Å². The van der Waals surface area contributed by atoms with Crippen molar-refractivity contribution < 1.29 is 22.8 Å². The van der Waals surface area contributed by atoms with Crippen molar-refractivity contribution >= 4 is 28.1 Å². The van der Waals surface area contributed by atoms with Crippen molar-refractivity contribution in [2.45, 2.75) is 24.7 Å². The monoisotopic (exact) mass is 376 g/mol. The molecule has 0 radical (unpaired) electrons. The normalized spacial score (nSPS) is 19.0. The summed E-state index contributed by atoms with van der Waals surface area (Å²) in [6, 6.07) is 9.42. The molecule has 8 heteroatoms. The fourth-order valence-corrected chi connectivity index (χ4v) is 4.80. The largest absolute Gasteiger partial charge is 0.481 e. The number of aliphatic carboxylic acids is 1. The van der Waals surface area contributed by atoms with Crippen molar-refractivity contribution in [3.63, 3.8) is 0 Å². The Bertz CT molecular complexity index is 918. The first-order chi connectivity index (χ1) is 12.4. The maximum Gasteiger partial charge on any atom is 0.307 e. The second-order valence-electron chi connectivity index (χ2n) is 6.25. The van der Waals surface area contributed by atoms with Crippen LogP contribution in [0.4, 0.5) is 0 Å². The maximum atomic E-state index is 13.1. The lowest BCUT2D eigenvalue weighted by molar-refractivity contribution is -0.142. The Morgan fingerprint density at radius 2 is 2.04 bits per heavy atom. The van der Waals surface area contributed by atoms with Crippen molar-refractivity contribution in [1.82, 2.24) is 9.46 Å². The molecule has 138 valence electrons. The summed E-state index contributed by atoms with van der Waals surface area (Å²) >= 11 is 0. The predicted molar refractivity (Wildman–Crippen MR) is 95.7 cm³/mol. The van der Waals surface area contributed by atoms with Crippen molar-refractivity contribution in [3.05, 3.63) is 47.3 Å². The van der Waals surface area contributed by atoms with E-state index < -0.39 is 21.9 Å². The van der Waals surface area contributed by atoms with Crippen molar-refractivity contribution in [3.8, 4) is 0 Å². The standard InChI is InChI=1S/C18H20N2O5S/c1-13-17(16(25-19-13)10-9-14-6-3-2-4-7-14)26(23,24)20-11-5-8-15(12-20)18(21)22/h2-4,6-7,9-10,15H,5,8,11-12H2,1H3,(H,21,22)/b10-9+/t15-/m0/s1. The highest BCUT2D eigenvalue weighted by Crippen LogP contribution is 2.29. The summed E-state index contributed by atoms with van der Waals surface area (Å²) < 4.78 is 32.6. The lowest BCUT2D eigenvalue weighted by Gasteiger charge is -2.29. The van der Waals surface area contributed by atoms with Gasteiger partial charge >= 0.3 is 5.97 Å².